The van der Waals surface area contributed by atoms with Gasteiger partial charge in [-0.25, -0.2) is 0 Å². The Hall–Kier alpha value is -2.13. The van der Waals surface area contributed by atoms with Crippen molar-refractivity contribution < 1.29 is 4.79 Å². The van der Waals surface area contributed by atoms with Crippen molar-refractivity contribution >= 4 is 11.6 Å². The Morgan fingerprint density at radius 3 is 2.25 bits per heavy atom. The van der Waals surface area contributed by atoms with Crippen LogP contribution in [0.3, 0.4) is 0 Å². The quantitative estimate of drug-likeness (QED) is 0.904. The molecule has 2 aromatic rings. The number of piperidine rings is 2. The molecule has 3 nitrogen and oxygen atoms in total. The molecule has 1 atom stereocenters. The zero-order valence-electron chi connectivity index (χ0n) is 14.1. The number of nitrogens with zero attached hydrogens (tertiary/aromatic N) is 1. The number of carbonyl (C=O) groups excluding carboxylic acids is 1. The van der Waals surface area contributed by atoms with Crippen LogP contribution in [-0.4, -0.2) is 23.9 Å². The van der Waals surface area contributed by atoms with E-state index < -0.39 is 0 Å². The third-order valence-corrected chi connectivity index (χ3v) is 5.75. The molecule has 1 saturated carbocycles. The molecule has 124 valence electrons. The minimum Gasteiger partial charge on any atom is -0.322 e. The van der Waals surface area contributed by atoms with Crippen molar-refractivity contribution in [2.24, 2.45) is 5.92 Å². The van der Waals surface area contributed by atoms with Gasteiger partial charge in [0.15, 0.2) is 0 Å². The van der Waals surface area contributed by atoms with Crippen molar-refractivity contribution in [3.05, 3.63) is 65.7 Å². The van der Waals surface area contributed by atoms with Crippen molar-refractivity contribution in [2.75, 3.05) is 12.4 Å². The lowest BCUT2D eigenvalue weighted by molar-refractivity contribution is 0.00732. The van der Waals surface area contributed by atoms with Crippen LogP contribution in [0, 0.1) is 5.92 Å². The SMILES string of the molecule is CN1C2CCC(CC2)[C@H]1c1ccc(NC(=O)c2ccccc2)cc1. The van der Waals surface area contributed by atoms with Crippen molar-refractivity contribution in [1.29, 1.82) is 0 Å². The van der Waals surface area contributed by atoms with Crippen LogP contribution in [0.15, 0.2) is 54.6 Å². The minimum atomic E-state index is -0.0582. The second-order valence-corrected chi connectivity index (χ2v) is 7.12. The molecule has 0 aromatic heterocycles. The topological polar surface area (TPSA) is 32.3 Å². The lowest BCUT2D eigenvalue weighted by atomic mass is 9.73. The lowest BCUT2D eigenvalue weighted by Crippen LogP contribution is -2.47. The molecule has 24 heavy (non-hydrogen) atoms. The minimum absolute atomic E-state index is 0.0582. The number of hydrogen-bond acceptors (Lipinski definition) is 2. The second kappa shape index (κ2) is 6.40. The molecule has 2 aromatic carbocycles. The van der Waals surface area contributed by atoms with Crippen molar-refractivity contribution in [2.45, 2.75) is 37.8 Å². The Morgan fingerprint density at radius 1 is 0.958 bits per heavy atom. The van der Waals surface area contributed by atoms with Crippen molar-refractivity contribution in [3.8, 4) is 0 Å². The Morgan fingerprint density at radius 2 is 1.62 bits per heavy atom. The monoisotopic (exact) mass is 320 g/mol. The average Bonchev–Trinajstić information content (AvgIpc) is 2.64. The predicted molar refractivity (Wildman–Crippen MR) is 97.1 cm³/mol. The molecule has 0 spiro atoms. The summed E-state index contributed by atoms with van der Waals surface area (Å²) in [6, 6.07) is 19.1. The normalized spacial score (nSPS) is 26.3. The van der Waals surface area contributed by atoms with E-state index in [-0.39, 0.29) is 5.91 Å². The molecular weight excluding hydrogens is 296 g/mol. The van der Waals surface area contributed by atoms with Gasteiger partial charge < -0.3 is 5.32 Å². The van der Waals surface area contributed by atoms with Crippen LogP contribution in [0.5, 0.6) is 0 Å². The first-order chi connectivity index (χ1) is 11.7. The molecule has 5 rings (SSSR count). The molecule has 1 aliphatic carbocycles. The number of fused-ring (bicyclic) bond motifs is 3. The average molecular weight is 320 g/mol. The molecule has 3 fully saturated rings. The Labute approximate surface area is 143 Å². The number of amides is 1. The van der Waals surface area contributed by atoms with Crippen LogP contribution in [0.1, 0.15) is 47.6 Å². The summed E-state index contributed by atoms with van der Waals surface area (Å²) in [5, 5.41) is 2.98. The van der Waals surface area contributed by atoms with E-state index in [2.05, 4.69) is 29.4 Å². The van der Waals surface area contributed by atoms with Crippen LogP contribution in [0.4, 0.5) is 5.69 Å². The van der Waals surface area contributed by atoms with E-state index in [1.807, 2.05) is 42.5 Å². The number of hydrogen-bond donors (Lipinski definition) is 1. The Bertz CT molecular complexity index is 700. The second-order valence-electron chi connectivity index (χ2n) is 7.12. The van der Waals surface area contributed by atoms with Gasteiger partial charge in [-0.15, -0.1) is 0 Å². The van der Waals surface area contributed by atoms with Crippen LogP contribution in [0.25, 0.3) is 0 Å². The molecule has 2 saturated heterocycles. The fourth-order valence-electron chi connectivity index (χ4n) is 4.45. The summed E-state index contributed by atoms with van der Waals surface area (Å²) in [6.07, 6.45) is 5.41. The Balaban J connectivity index is 1.48. The van der Waals surface area contributed by atoms with E-state index in [1.54, 1.807) is 0 Å². The summed E-state index contributed by atoms with van der Waals surface area (Å²) in [4.78, 5) is 14.8. The highest BCUT2D eigenvalue weighted by atomic mass is 16.1. The maximum atomic E-state index is 12.2. The van der Waals surface area contributed by atoms with Gasteiger partial charge in [0.05, 0.1) is 0 Å². The molecule has 2 aliphatic heterocycles. The number of benzene rings is 2. The van der Waals surface area contributed by atoms with Gasteiger partial charge in [-0.3, -0.25) is 9.69 Å². The standard InChI is InChI=1S/C21H24N2O/c1-23-19-13-9-16(10-14-19)20(23)15-7-11-18(12-8-15)22-21(24)17-5-3-2-4-6-17/h2-8,11-12,16,19-20H,9-10,13-14H2,1H3,(H,22,24)/t16?,19?,20-/m1/s1. The third kappa shape index (κ3) is 2.84. The van der Waals surface area contributed by atoms with Gasteiger partial charge in [0.2, 0.25) is 0 Å². The molecule has 0 radical (unpaired) electrons. The van der Waals surface area contributed by atoms with Gasteiger partial charge in [-0.2, -0.15) is 0 Å². The fourth-order valence-corrected chi connectivity index (χ4v) is 4.45. The summed E-state index contributed by atoms with van der Waals surface area (Å²) in [5.74, 6) is 0.724. The summed E-state index contributed by atoms with van der Waals surface area (Å²) in [5.41, 5.74) is 2.92. The van der Waals surface area contributed by atoms with Crippen molar-refractivity contribution in [1.82, 2.24) is 4.90 Å². The molecular formula is C21H24N2O. The summed E-state index contributed by atoms with van der Waals surface area (Å²) in [6.45, 7) is 0. The van der Waals surface area contributed by atoms with Gasteiger partial charge in [0, 0.05) is 23.3 Å². The molecule has 3 aliphatic rings. The predicted octanol–water partition coefficient (Wildman–Crippen LogP) is 4.48. The van der Waals surface area contributed by atoms with Gasteiger partial charge >= 0.3 is 0 Å². The van der Waals surface area contributed by atoms with Crippen LogP contribution in [0.2, 0.25) is 0 Å². The molecule has 2 bridgehead atoms. The van der Waals surface area contributed by atoms with Crippen LogP contribution >= 0.6 is 0 Å². The highest BCUT2D eigenvalue weighted by molar-refractivity contribution is 6.04. The molecule has 2 heterocycles. The fraction of sp³-hybridized carbons (Fsp3) is 0.381. The maximum absolute atomic E-state index is 12.2. The third-order valence-electron chi connectivity index (χ3n) is 5.75. The number of rotatable bonds is 3. The number of nitrogens with one attached hydrogen (secondary N) is 1. The Kier molecular flexibility index (Phi) is 4.11. The number of anilines is 1. The summed E-state index contributed by atoms with van der Waals surface area (Å²) >= 11 is 0. The van der Waals surface area contributed by atoms with Gasteiger partial charge in [-0.05, 0) is 68.5 Å². The van der Waals surface area contributed by atoms with E-state index in [1.165, 1.54) is 31.2 Å². The van der Waals surface area contributed by atoms with Crippen molar-refractivity contribution in [3.63, 3.8) is 0 Å². The van der Waals surface area contributed by atoms with Crippen LogP contribution < -0.4 is 5.32 Å². The largest absolute Gasteiger partial charge is 0.322 e. The first-order valence-corrected chi connectivity index (χ1v) is 8.90. The van der Waals surface area contributed by atoms with E-state index in [4.69, 9.17) is 0 Å². The van der Waals surface area contributed by atoms with Gasteiger partial charge in [-0.1, -0.05) is 30.3 Å². The highest BCUT2D eigenvalue weighted by Crippen LogP contribution is 2.46. The van der Waals surface area contributed by atoms with Gasteiger partial charge in [0.1, 0.15) is 0 Å². The van der Waals surface area contributed by atoms with E-state index >= 15 is 0 Å². The zero-order valence-corrected chi connectivity index (χ0v) is 14.1. The van der Waals surface area contributed by atoms with E-state index in [0.717, 1.165) is 17.6 Å². The van der Waals surface area contributed by atoms with E-state index in [9.17, 15) is 4.79 Å². The first-order valence-electron chi connectivity index (χ1n) is 8.90. The summed E-state index contributed by atoms with van der Waals surface area (Å²) in [7, 11) is 2.27. The van der Waals surface area contributed by atoms with Crippen LogP contribution in [-0.2, 0) is 0 Å². The number of carbonyl (C=O) groups is 1. The molecule has 1 amide bonds. The molecule has 1 N–H and O–H groups in total. The lowest BCUT2D eigenvalue weighted by Gasteiger charge is -2.50. The molecule has 0 unspecified atom stereocenters. The maximum Gasteiger partial charge on any atom is 0.255 e. The molecule has 3 heteroatoms. The van der Waals surface area contributed by atoms with E-state index in [0.29, 0.717) is 11.6 Å². The first kappa shape index (κ1) is 15.4. The smallest absolute Gasteiger partial charge is 0.255 e. The highest BCUT2D eigenvalue weighted by Gasteiger charge is 2.40. The van der Waals surface area contributed by atoms with Gasteiger partial charge in [0.25, 0.3) is 5.91 Å². The zero-order chi connectivity index (χ0) is 16.5. The summed E-state index contributed by atoms with van der Waals surface area (Å²) < 4.78 is 0.